The number of furan rings is 1. The van der Waals surface area contributed by atoms with Gasteiger partial charge in [-0.2, -0.15) is 5.10 Å². The number of ether oxygens (including phenoxy) is 1. The van der Waals surface area contributed by atoms with Crippen molar-refractivity contribution in [1.29, 1.82) is 0 Å². The Balaban J connectivity index is 1.41. The van der Waals surface area contributed by atoms with Crippen molar-refractivity contribution in [2.24, 2.45) is 0 Å². The number of nitrogens with one attached hydrogen (secondary N) is 1. The first kappa shape index (κ1) is 20.5. The van der Waals surface area contributed by atoms with Crippen LogP contribution in [0.4, 0.5) is 10.2 Å². The van der Waals surface area contributed by atoms with Gasteiger partial charge in [0.25, 0.3) is 0 Å². The zero-order valence-electron chi connectivity index (χ0n) is 17.9. The lowest BCUT2D eigenvalue weighted by atomic mass is 10.1. The summed E-state index contributed by atoms with van der Waals surface area (Å²) in [7, 11) is 0. The van der Waals surface area contributed by atoms with Crippen molar-refractivity contribution in [3.63, 3.8) is 0 Å². The molecule has 1 saturated heterocycles. The van der Waals surface area contributed by atoms with E-state index in [9.17, 15) is 4.39 Å². The Morgan fingerprint density at radius 1 is 1.28 bits per heavy atom. The zero-order chi connectivity index (χ0) is 22.1. The molecule has 3 N–H and O–H groups in total. The Kier molecular flexibility index (Phi) is 5.53. The van der Waals surface area contributed by atoms with E-state index in [0.29, 0.717) is 29.4 Å². The van der Waals surface area contributed by atoms with Crippen LogP contribution in [0.3, 0.4) is 0 Å². The minimum Gasteiger partial charge on any atom is -0.483 e. The van der Waals surface area contributed by atoms with E-state index in [1.165, 1.54) is 6.07 Å². The molecule has 0 spiro atoms. The molecular weight excluding hydrogens is 409 g/mol. The lowest BCUT2D eigenvalue weighted by Crippen LogP contribution is -2.29. The van der Waals surface area contributed by atoms with Crippen LogP contribution in [0.25, 0.3) is 22.1 Å². The predicted molar refractivity (Wildman–Crippen MR) is 121 cm³/mol. The van der Waals surface area contributed by atoms with Crippen molar-refractivity contribution >= 4 is 16.8 Å². The van der Waals surface area contributed by atoms with Crippen LogP contribution in [0.15, 0.2) is 53.5 Å². The Morgan fingerprint density at radius 3 is 2.91 bits per heavy atom. The van der Waals surface area contributed by atoms with Crippen LogP contribution >= 0.6 is 0 Å². The number of nitrogens with two attached hydrogens (primary N) is 1. The maximum atomic E-state index is 14.0. The standard InChI is InChI=1S/C24H26FN5O2/c1-15(10-16-4-2-3-5-21(16)25)32-23-22-19(12-28-24(23)26)20(14-31-22)17-11-29-30(13-17)18-6-8-27-9-7-18/h2-5,11-15,18,27H,6-10H2,1H3,(H2,26,28). The third-order valence-electron chi connectivity index (χ3n) is 5.98. The molecule has 0 saturated carbocycles. The van der Waals surface area contributed by atoms with Gasteiger partial charge in [0.2, 0.25) is 5.75 Å². The summed E-state index contributed by atoms with van der Waals surface area (Å²) in [4.78, 5) is 4.32. The number of halogens is 1. The van der Waals surface area contributed by atoms with Gasteiger partial charge in [0, 0.05) is 29.9 Å². The zero-order valence-corrected chi connectivity index (χ0v) is 17.9. The summed E-state index contributed by atoms with van der Waals surface area (Å²) in [5.74, 6) is 0.366. The summed E-state index contributed by atoms with van der Waals surface area (Å²) < 4.78 is 28.0. The summed E-state index contributed by atoms with van der Waals surface area (Å²) in [5, 5.41) is 8.76. The Bertz CT molecular complexity index is 1230. The van der Waals surface area contributed by atoms with Gasteiger partial charge in [-0.3, -0.25) is 4.68 Å². The molecule has 32 heavy (non-hydrogen) atoms. The largest absolute Gasteiger partial charge is 0.483 e. The van der Waals surface area contributed by atoms with Gasteiger partial charge in [-0.15, -0.1) is 0 Å². The summed E-state index contributed by atoms with van der Waals surface area (Å²) in [6.07, 6.45) is 9.48. The first-order valence-electron chi connectivity index (χ1n) is 10.9. The van der Waals surface area contributed by atoms with E-state index in [4.69, 9.17) is 14.9 Å². The van der Waals surface area contributed by atoms with Crippen LogP contribution in [0.1, 0.15) is 31.4 Å². The fourth-order valence-corrected chi connectivity index (χ4v) is 4.28. The summed E-state index contributed by atoms with van der Waals surface area (Å²) in [6.45, 7) is 3.88. The number of aromatic nitrogens is 3. The minimum absolute atomic E-state index is 0.240. The van der Waals surface area contributed by atoms with Gasteiger partial charge in [-0.05, 0) is 44.5 Å². The van der Waals surface area contributed by atoms with Crippen LogP contribution in [0.5, 0.6) is 5.75 Å². The molecule has 1 fully saturated rings. The van der Waals surface area contributed by atoms with E-state index < -0.39 is 0 Å². The molecule has 0 bridgehead atoms. The average Bonchev–Trinajstić information content (AvgIpc) is 3.45. The van der Waals surface area contributed by atoms with Crippen molar-refractivity contribution in [2.45, 2.75) is 38.3 Å². The number of piperidine rings is 1. The second kappa shape index (κ2) is 8.63. The monoisotopic (exact) mass is 435 g/mol. The fourth-order valence-electron chi connectivity index (χ4n) is 4.28. The molecule has 1 aromatic carbocycles. The molecule has 4 heterocycles. The Hall–Kier alpha value is -3.39. The molecule has 0 amide bonds. The van der Waals surface area contributed by atoms with E-state index in [0.717, 1.165) is 42.4 Å². The van der Waals surface area contributed by atoms with E-state index in [1.54, 1.807) is 24.6 Å². The van der Waals surface area contributed by atoms with Crippen LogP contribution in [0, 0.1) is 5.82 Å². The summed E-state index contributed by atoms with van der Waals surface area (Å²) in [5.41, 5.74) is 9.08. The fraction of sp³-hybridized carbons (Fsp3) is 0.333. The predicted octanol–water partition coefficient (Wildman–Crippen LogP) is 4.35. The maximum absolute atomic E-state index is 14.0. The van der Waals surface area contributed by atoms with Crippen LogP contribution in [-0.4, -0.2) is 34.0 Å². The maximum Gasteiger partial charge on any atom is 0.205 e. The molecule has 1 aliphatic rings. The van der Waals surface area contributed by atoms with Crippen molar-refractivity contribution in [1.82, 2.24) is 20.1 Å². The topological polar surface area (TPSA) is 91.1 Å². The highest BCUT2D eigenvalue weighted by Gasteiger charge is 2.21. The molecule has 7 nitrogen and oxygen atoms in total. The molecule has 166 valence electrons. The van der Waals surface area contributed by atoms with E-state index in [1.807, 2.05) is 23.9 Å². The number of nitrogens with zero attached hydrogens (tertiary/aromatic N) is 3. The lowest BCUT2D eigenvalue weighted by Gasteiger charge is -2.22. The van der Waals surface area contributed by atoms with E-state index >= 15 is 0 Å². The van der Waals surface area contributed by atoms with Gasteiger partial charge in [0.05, 0.1) is 17.6 Å². The molecule has 8 heteroatoms. The molecule has 1 aliphatic heterocycles. The molecule has 1 atom stereocenters. The normalized spacial score (nSPS) is 15.8. The number of benzene rings is 1. The Morgan fingerprint density at radius 2 is 2.09 bits per heavy atom. The number of rotatable bonds is 6. The van der Waals surface area contributed by atoms with Crippen LogP contribution in [-0.2, 0) is 6.42 Å². The van der Waals surface area contributed by atoms with Crippen molar-refractivity contribution in [3.8, 4) is 16.9 Å². The molecular formula is C24H26FN5O2. The highest BCUT2D eigenvalue weighted by molar-refractivity contribution is 5.97. The molecule has 0 radical (unpaired) electrons. The van der Waals surface area contributed by atoms with Gasteiger partial charge in [0.1, 0.15) is 18.2 Å². The molecule has 1 unspecified atom stereocenters. The third-order valence-corrected chi connectivity index (χ3v) is 5.98. The second-order valence-electron chi connectivity index (χ2n) is 8.28. The average molecular weight is 436 g/mol. The van der Waals surface area contributed by atoms with Crippen LogP contribution in [0.2, 0.25) is 0 Å². The van der Waals surface area contributed by atoms with E-state index in [-0.39, 0.29) is 17.7 Å². The third kappa shape index (κ3) is 3.93. The van der Waals surface area contributed by atoms with Crippen molar-refractivity contribution in [2.75, 3.05) is 18.8 Å². The SMILES string of the molecule is CC(Cc1ccccc1F)Oc1c(N)ncc2c(-c3cnn(C4CCNCC4)c3)coc12. The molecule has 4 aromatic rings. The number of hydrogen-bond donors (Lipinski definition) is 2. The Labute approximate surface area is 185 Å². The van der Waals surface area contributed by atoms with E-state index in [2.05, 4.69) is 21.6 Å². The molecule has 3 aromatic heterocycles. The van der Waals surface area contributed by atoms with Gasteiger partial charge >= 0.3 is 0 Å². The summed E-state index contributed by atoms with van der Waals surface area (Å²) in [6, 6.07) is 7.08. The van der Waals surface area contributed by atoms with Crippen molar-refractivity contribution < 1.29 is 13.5 Å². The van der Waals surface area contributed by atoms with Crippen molar-refractivity contribution in [3.05, 3.63) is 60.5 Å². The number of anilines is 1. The highest BCUT2D eigenvalue weighted by Crippen LogP contribution is 2.38. The molecule has 5 rings (SSSR count). The van der Waals surface area contributed by atoms with Crippen LogP contribution < -0.4 is 15.8 Å². The van der Waals surface area contributed by atoms with Gasteiger partial charge in [-0.25, -0.2) is 9.37 Å². The second-order valence-corrected chi connectivity index (χ2v) is 8.28. The first-order valence-corrected chi connectivity index (χ1v) is 10.9. The van der Waals surface area contributed by atoms with Gasteiger partial charge < -0.3 is 20.2 Å². The van der Waals surface area contributed by atoms with Gasteiger partial charge in [0.15, 0.2) is 11.4 Å². The minimum atomic E-state index is -0.321. The quantitative estimate of drug-likeness (QED) is 0.468. The molecule has 0 aliphatic carbocycles. The number of fused-ring (bicyclic) bond motifs is 1. The first-order chi connectivity index (χ1) is 15.6. The number of nitrogen functional groups attached to an aromatic ring is 1. The smallest absolute Gasteiger partial charge is 0.205 e. The van der Waals surface area contributed by atoms with Gasteiger partial charge in [-0.1, -0.05) is 18.2 Å². The number of pyridine rings is 1. The lowest BCUT2D eigenvalue weighted by molar-refractivity contribution is 0.221. The summed E-state index contributed by atoms with van der Waals surface area (Å²) >= 11 is 0. The highest BCUT2D eigenvalue weighted by atomic mass is 19.1. The number of hydrogen-bond acceptors (Lipinski definition) is 6.